The molecule has 8 heavy (non-hydrogen) atoms. The molecule has 0 amide bonds. The normalized spacial score (nSPS) is 7.62. The summed E-state index contributed by atoms with van der Waals surface area (Å²) in [5, 5.41) is 0. The molecule has 46 valence electrons. The van der Waals surface area contributed by atoms with Gasteiger partial charge in [-0.15, -0.1) is 12.1 Å². The minimum absolute atomic E-state index is 0. The summed E-state index contributed by atoms with van der Waals surface area (Å²) in [6, 6.07) is 8.49. The van der Waals surface area contributed by atoms with Crippen molar-refractivity contribution in [2.24, 2.45) is 0 Å². The molecule has 0 aliphatic carbocycles. The molecule has 1 aromatic rings. The average Bonchev–Trinajstić information content (AvgIpc) is 1.69. The van der Waals surface area contributed by atoms with Crippen LogP contribution in [0.25, 0.3) is 0 Å². The van der Waals surface area contributed by atoms with Crippen molar-refractivity contribution in [1.29, 1.82) is 0 Å². The Balaban J connectivity index is 0.000000490. The van der Waals surface area contributed by atoms with Gasteiger partial charge in [0.05, 0.1) is 0 Å². The van der Waals surface area contributed by atoms with E-state index in [0.29, 0.717) is 0 Å². The maximum Gasteiger partial charge on any atom is 1.00 e. The smallest absolute Gasteiger partial charge is 0.236 e. The molecule has 0 heterocycles. The molecule has 0 fully saturated rings. The number of hydrogen-bond donors (Lipinski definition) is 0. The summed E-state index contributed by atoms with van der Waals surface area (Å²) in [5.41, 5.74) is 0. The van der Waals surface area contributed by atoms with Crippen molar-refractivity contribution < 1.29 is 26.8 Å². The van der Waals surface area contributed by atoms with E-state index in [0.717, 1.165) is 0 Å². The zero-order valence-corrected chi connectivity index (χ0v) is 6.16. The molecule has 0 saturated heterocycles. The van der Waals surface area contributed by atoms with E-state index in [1.54, 1.807) is 0 Å². The fourth-order valence-corrected chi connectivity index (χ4v) is 0.367. The van der Waals surface area contributed by atoms with Crippen molar-refractivity contribution in [3.05, 3.63) is 36.1 Å². The summed E-state index contributed by atoms with van der Waals surface area (Å²) in [6.45, 7) is 0. The third-order valence-corrected chi connectivity index (χ3v) is 0.678. The number of benzene rings is 1. The Morgan fingerprint density at radius 1 is 1.25 bits per heavy atom. The van der Waals surface area contributed by atoms with E-state index in [9.17, 15) is 4.39 Å². The summed E-state index contributed by atoms with van der Waals surface area (Å²) in [7, 11) is 0. The van der Waals surface area contributed by atoms with Crippen LogP contribution >= 0.6 is 0 Å². The Morgan fingerprint density at radius 2 is 1.75 bits per heavy atom. The van der Waals surface area contributed by atoms with Crippen molar-refractivity contribution in [1.82, 2.24) is 0 Å². The summed E-state index contributed by atoms with van der Waals surface area (Å²) in [6.07, 6.45) is 0. The molecule has 0 radical (unpaired) electrons. The van der Waals surface area contributed by atoms with Gasteiger partial charge in [0.2, 0.25) is 0 Å². The summed E-state index contributed by atoms with van der Waals surface area (Å²) in [5.74, 6) is -0.209. The van der Waals surface area contributed by atoms with Crippen molar-refractivity contribution in [3.8, 4) is 0 Å². The average molecular weight is 292 g/mol. The van der Waals surface area contributed by atoms with Gasteiger partial charge in [0, 0.05) is 5.82 Å². The van der Waals surface area contributed by atoms with Gasteiger partial charge in [-0.05, 0) is 0 Å². The van der Waals surface area contributed by atoms with Crippen LogP contribution in [-0.4, -0.2) is 0 Å². The van der Waals surface area contributed by atoms with Crippen molar-refractivity contribution in [2.45, 2.75) is 0 Å². The van der Waals surface area contributed by atoms with Crippen LogP contribution in [-0.2, 0) is 22.4 Å². The first-order chi connectivity index (χ1) is 3.39. The van der Waals surface area contributed by atoms with Crippen LogP contribution in [0.4, 0.5) is 4.39 Å². The van der Waals surface area contributed by atoms with Crippen LogP contribution in [0.5, 0.6) is 0 Å². The van der Waals surface area contributed by atoms with Crippen LogP contribution in [0.3, 0.4) is 0 Å². The van der Waals surface area contributed by atoms with Crippen LogP contribution in [0.15, 0.2) is 24.3 Å². The largest absolute Gasteiger partial charge is 1.00 e. The van der Waals surface area contributed by atoms with Gasteiger partial charge in [-0.2, -0.15) is 18.2 Å². The third kappa shape index (κ3) is 2.26. The summed E-state index contributed by atoms with van der Waals surface area (Å²) < 4.78 is 11.9. The number of halogens is 1. The van der Waals surface area contributed by atoms with Crippen LogP contribution < -0.4 is 0 Å². The molecule has 1 aromatic carbocycles. The van der Waals surface area contributed by atoms with Crippen LogP contribution in [0, 0.1) is 11.9 Å². The first-order valence-electron chi connectivity index (χ1n) is 2.01. The Kier molecular flexibility index (Phi) is 3.79. The van der Waals surface area contributed by atoms with E-state index in [2.05, 4.69) is 6.07 Å². The van der Waals surface area contributed by atoms with E-state index >= 15 is 0 Å². The Morgan fingerprint density at radius 3 is 2.00 bits per heavy atom. The van der Waals surface area contributed by atoms with Crippen LogP contribution in [0.2, 0.25) is 0 Å². The van der Waals surface area contributed by atoms with Crippen molar-refractivity contribution >= 4 is 0 Å². The van der Waals surface area contributed by atoms with E-state index in [4.69, 9.17) is 0 Å². The van der Waals surface area contributed by atoms with Gasteiger partial charge in [-0.1, -0.05) is 0 Å². The molecule has 0 spiro atoms. The van der Waals surface area contributed by atoms with Gasteiger partial charge in [0.15, 0.2) is 0 Å². The monoisotopic (exact) mass is 292 g/mol. The van der Waals surface area contributed by atoms with Crippen LogP contribution in [0.1, 0.15) is 0 Å². The predicted octanol–water partition coefficient (Wildman–Crippen LogP) is 1.62. The molecule has 0 atom stereocenters. The maximum absolute atomic E-state index is 11.9. The van der Waals surface area contributed by atoms with Gasteiger partial charge in [-0.3, -0.25) is 0 Å². The molecule has 0 nitrogen and oxygen atoms in total. The molecule has 0 bridgehead atoms. The van der Waals surface area contributed by atoms with E-state index < -0.39 is 0 Å². The van der Waals surface area contributed by atoms with Gasteiger partial charge >= 0.3 is 22.4 Å². The number of hydrogen-bond acceptors (Lipinski definition) is 0. The second kappa shape index (κ2) is 3.84. The standard InChI is InChI=1S/C6H4F.Au/c7-6-4-2-1-3-5-6;/h2-5H;/q-1;+1. The number of rotatable bonds is 0. The van der Waals surface area contributed by atoms with Gasteiger partial charge in [-0.25, -0.2) is 4.39 Å². The first kappa shape index (κ1) is 7.89. The topological polar surface area (TPSA) is 0 Å². The van der Waals surface area contributed by atoms with Crippen molar-refractivity contribution in [3.63, 3.8) is 0 Å². The molecule has 0 aliphatic heterocycles. The maximum atomic E-state index is 11.9. The molecule has 0 aliphatic rings. The van der Waals surface area contributed by atoms with Crippen molar-refractivity contribution in [2.75, 3.05) is 0 Å². The summed E-state index contributed by atoms with van der Waals surface area (Å²) >= 11 is 0. The van der Waals surface area contributed by atoms with E-state index in [1.165, 1.54) is 24.3 Å². The summed E-state index contributed by atoms with van der Waals surface area (Å²) in [4.78, 5) is 0. The SMILES string of the molecule is Fc1cc[c-]cc1.[Au+]. The van der Waals surface area contributed by atoms with Gasteiger partial charge in [0.1, 0.15) is 0 Å². The molecule has 0 aromatic heterocycles. The second-order valence-corrected chi connectivity index (χ2v) is 1.22. The van der Waals surface area contributed by atoms with E-state index in [1.807, 2.05) is 0 Å². The van der Waals surface area contributed by atoms with Gasteiger partial charge < -0.3 is 0 Å². The molecular weight excluding hydrogens is 288 g/mol. The molecule has 2 heteroatoms. The quantitative estimate of drug-likeness (QED) is 0.503. The molecule has 1 rings (SSSR count). The fourth-order valence-electron chi connectivity index (χ4n) is 0.367. The molecular formula is C6H4AuF. The zero-order valence-electron chi connectivity index (χ0n) is 3.99. The fraction of sp³-hybridized carbons (Fsp3) is 0. The zero-order chi connectivity index (χ0) is 5.11. The van der Waals surface area contributed by atoms with Gasteiger partial charge in [0.25, 0.3) is 0 Å². The second-order valence-electron chi connectivity index (χ2n) is 1.22. The Hall–Kier alpha value is -0.110. The third-order valence-electron chi connectivity index (χ3n) is 0.678. The van der Waals surface area contributed by atoms with E-state index in [-0.39, 0.29) is 28.2 Å². The Bertz CT molecular complexity index is 138. The molecule has 0 N–H and O–H groups in total. The molecule has 0 unspecified atom stereocenters. The predicted molar refractivity (Wildman–Crippen MR) is 25.2 cm³/mol. The minimum Gasteiger partial charge on any atom is -0.236 e. The first-order valence-corrected chi connectivity index (χ1v) is 2.01. The minimum atomic E-state index is -0.209. The Labute approximate surface area is 63.2 Å². The molecule has 0 saturated carbocycles.